The summed E-state index contributed by atoms with van der Waals surface area (Å²) in [6.07, 6.45) is 3.95. The second-order valence-corrected chi connectivity index (χ2v) is 3.49. The zero-order valence-corrected chi connectivity index (χ0v) is 9.33. The second kappa shape index (κ2) is 6.25. The van der Waals surface area contributed by atoms with Crippen molar-refractivity contribution in [1.29, 1.82) is 0 Å². The van der Waals surface area contributed by atoms with Crippen molar-refractivity contribution in [2.45, 2.75) is 13.3 Å². The maximum Gasteiger partial charge on any atom is 0.330 e. The second-order valence-electron chi connectivity index (χ2n) is 3.05. The zero-order chi connectivity index (χ0) is 11.1. The quantitative estimate of drug-likeness (QED) is 0.580. The Bertz CT molecular complexity index is 341. The molecule has 0 heterocycles. The molecular formula is C12H13ClO2. The molecule has 0 aliphatic rings. The van der Waals surface area contributed by atoms with E-state index >= 15 is 0 Å². The van der Waals surface area contributed by atoms with Crippen molar-refractivity contribution in [1.82, 2.24) is 0 Å². The van der Waals surface area contributed by atoms with Crippen LogP contribution < -0.4 is 0 Å². The fourth-order valence-corrected chi connectivity index (χ4v) is 1.11. The third kappa shape index (κ3) is 4.66. The molecule has 0 saturated carbocycles. The van der Waals surface area contributed by atoms with E-state index in [-0.39, 0.29) is 5.97 Å². The Morgan fingerprint density at radius 3 is 2.67 bits per heavy atom. The van der Waals surface area contributed by atoms with Crippen molar-refractivity contribution in [3.05, 3.63) is 40.9 Å². The normalized spacial score (nSPS) is 10.5. The minimum absolute atomic E-state index is 0.313. The molecule has 0 fully saturated rings. The Kier molecular flexibility index (Phi) is 4.91. The Morgan fingerprint density at radius 1 is 1.40 bits per heavy atom. The lowest BCUT2D eigenvalue weighted by Gasteiger charge is -1.97. The largest absolute Gasteiger partial charge is 0.463 e. The van der Waals surface area contributed by atoms with E-state index in [0.29, 0.717) is 11.6 Å². The first-order valence-electron chi connectivity index (χ1n) is 4.83. The van der Waals surface area contributed by atoms with Crippen LogP contribution in [0.25, 0.3) is 6.08 Å². The van der Waals surface area contributed by atoms with E-state index in [1.165, 1.54) is 6.08 Å². The molecule has 0 aromatic heterocycles. The molecule has 1 aromatic rings. The summed E-state index contributed by atoms with van der Waals surface area (Å²) in [5.74, 6) is -0.313. The molecular weight excluding hydrogens is 212 g/mol. The third-order valence-corrected chi connectivity index (χ3v) is 1.98. The summed E-state index contributed by atoms with van der Waals surface area (Å²) in [7, 11) is 0. The van der Waals surface area contributed by atoms with Crippen molar-refractivity contribution < 1.29 is 9.53 Å². The van der Waals surface area contributed by atoms with Crippen LogP contribution in [0.4, 0.5) is 0 Å². The summed E-state index contributed by atoms with van der Waals surface area (Å²) in [6, 6.07) is 7.23. The molecule has 0 spiro atoms. The van der Waals surface area contributed by atoms with Gasteiger partial charge in [-0.1, -0.05) is 30.7 Å². The van der Waals surface area contributed by atoms with Crippen molar-refractivity contribution >= 4 is 23.6 Å². The van der Waals surface area contributed by atoms with Gasteiger partial charge in [0.25, 0.3) is 0 Å². The highest BCUT2D eigenvalue weighted by atomic mass is 35.5. The first-order chi connectivity index (χ1) is 7.22. The summed E-state index contributed by atoms with van der Waals surface area (Å²) in [6.45, 7) is 2.42. The van der Waals surface area contributed by atoms with Gasteiger partial charge >= 0.3 is 5.97 Å². The topological polar surface area (TPSA) is 26.3 Å². The Hall–Kier alpha value is -1.28. The van der Waals surface area contributed by atoms with E-state index in [1.54, 1.807) is 18.2 Å². The Labute approximate surface area is 94.5 Å². The molecule has 0 aliphatic carbocycles. The van der Waals surface area contributed by atoms with Gasteiger partial charge in [0.05, 0.1) is 6.61 Å². The smallest absolute Gasteiger partial charge is 0.330 e. The van der Waals surface area contributed by atoms with Gasteiger partial charge in [0.2, 0.25) is 0 Å². The summed E-state index contributed by atoms with van der Waals surface area (Å²) in [5, 5.41) is 0.681. The van der Waals surface area contributed by atoms with E-state index < -0.39 is 0 Å². The van der Waals surface area contributed by atoms with Crippen molar-refractivity contribution in [2.24, 2.45) is 0 Å². The highest BCUT2D eigenvalue weighted by Gasteiger charge is 1.94. The minimum atomic E-state index is -0.313. The van der Waals surface area contributed by atoms with Crippen molar-refractivity contribution in [3.8, 4) is 0 Å². The monoisotopic (exact) mass is 224 g/mol. The van der Waals surface area contributed by atoms with Gasteiger partial charge in [-0.3, -0.25) is 0 Å². The molecule has 15 heavy (non-hydrogen) atoms. The number of rotatable bonds is 4. The molecule has 1 rings (SSSR count). The highest BCUT2D eigenvalue weighted by molar-refractivity contribution is 6.30. The van der Waals surface area contributed by atoms with E-state index in [1.807, 2.05) is 19.1 Å². The zero-order valence-electron chi connectivity index (χ0n) is 8.57. The highest BCUT2D eigenvalue weighted by Crippen LogP contribution is 2.10. The molecule has 80 valence electrons. The Morgan fingerprint density at radius 2 is 2.07 bits per heavy atom. The number of carbonyl (C=O) groups excluding carboxylic acids is 1. The number of hydrogen-bond donors (Lipinski definition) is 0. The summed E-state index contributed by atoms with van der Waals surface area (Å²) >= 11 is 5.73. The lowest BCUT2D eigenvalue weighted by atomic mass is 10.2. The average Bonchev–Trinajstić information content (AvgIpc) is 2.25. The number of hydrogen-bond acceptors (Lipinski definition) is 2. The molecule has 0 N–H and O–H groups in total. The van der Waals surface area contributed by atoms with Gasteiger partial charge in [0.15, 0.2) is 0 Å². The predicted octanol–water partition coefficient (Wildman–Crippen LogP) is 3.31. The maximum absolute atomic E-state index is 11.1. The van der Waals surface area contributed by atoms with Crippen LogP contribution in [0.15, 0.2) is 30.3 Å². The van der Waals surface area contributed by atoms with Crippen LogP contribution in [0.2, 0.25) is 5.02 Å². The van der Waals surface area contributed by atoms with Crippen LogP contribution in [-0.4, -0.2) is 12.6 Å². The van der Waals surface area contributed by atoms with Gasteiger partial charge in [0, 0.05) is 11.1 Å². The lowest BCUT2D eigenvalue weighted by molar-refractivity contribution is -0.137. The molecule has 3 heteroatoms. The fourth-order valence-electron chi connectivity index (χ4n) is 0.989. The molecule has 2 nitrogen and oxygen atoms in total. The summed E-state index contributed by atoms with van der Waals surface area (Å²) in [4.78, 5) is 11.1. The van der Waals surface area contributed by atoms with Crippen LogP contribution in [-0.2, 0) is 9.53 Å². The van der Waals surface area contributed by atoms with E-state index in [0.717, 1.165) is 12.0 Å². The number of esters is 1. The van der Waals surface area contributed by atoms with Gasteiger partial charge in [-0.15, -0.1) is 0 Å². The average molecular weight is 225 g/mol. The van der Waals surface area contributed by atoms with Crippen molar-refractivity contribution in [2.75, 3.05) is 6.61 Å². The molecule has 0 aliphatic heterocycles. The first-order valence-corrected chi connectivity index (χ1v) is 5.20. The van der Waals surface area contributed by atoms with Gasteiger partial charge in [-0.2, -0.15) is 0 Å². The van der Waals surface area contributed by atoms with Crippen molar-refractivity contribution in [3.63, 3.8) is 0 Å². The third-order valence-electron chi connectivity index (χ3n) is 1.73. The van der Waals surface area contributed by atoms with Gasteiger partial charge < -0.3 is 4.74 Å². The maximum atomic E-state index is 11.1. The van der Waals surface area contributed by atoms with E-state index in [2.05, 4.69) is 0 Å². The molecule has 0 saturated heterocycles. The predicted molar refractivity (Wildman–Crippen MR) is 61.7 cm³/mol. The van der Waals surface area contributed by atoms with Crippen LogP contribution in [0.1, 0.15) is 18.9 Å². The van der Waals surface area contributed by atoms with Crippen LogP contribution >= 0.6 is 11.6 Å². The number of halogens is 1. The van der Waals surface area contributed by atoms with Gasteiger partial charge in [-0.25, -0.2) is 4.79 Å². The van der Waals surface area contributed by atoms with Gasteiger partial charge in [0.1, 0.15) is 0 Å². The number of carbonyl (C=O) groups is 1. The molecule has 0 amide bonds. The molecule has 0 atom stereocenters. The Balaban J connectivity index is 2.50. The van der Waals surface area contributed by atoms with Gasteiger partial charge in [-0.05, 0) is 30.2 Å². The van der Waals surface area contributed by atoms with Crippen LogP contribution in [0, 0.1) is 0 Å². The molecule has 0 bridgehead atoms. The molecule has 1 aromatic carbocycles. The number of ether oxygens (including phenoxy) is 1. The van der Waals surface area contributed by atoms with Crippen LogP contribution in [0.3, 0.4) is 0 Å². The summed E-state index contributed by atoms with van der Waals surface area (Å²) < 4.78 is 4.88. The molecule has 0 unspecified atom stereocenters. The van der Waals surface area contributed by atoms with Crippen LogP contribution in [0.5, 0.6) is 0 Å². The molecule has 0 radical (unpaired) electrons. The summed E-state index contributed by atoms with van der Waals surface area (Å²) in [5.41, 5.74) is 0.924. The SMILES string of the molecule is CCCOC(=O)/C=C/c1ccc(Cl)cc1. The fraction of sp³-hybridized carbons (Fsp3) is 0.250. The van der Waals surface area contributed by atoms with E-state index in [9.17, 15) is 4.79 Å². The minimum Gasteiger partial charge on any atom is -0.463 e. The standard InChI is InChI=1S/C12H13ClO2/c1-2-9-15-12(14)8-5-10-3-6-11(13)7-4-10/h3-8H,2,9H2,1H3/b8-5+. The first kappa shape index (κ1) is 11.8. The van der Waals surface area contributed by atoms with E-state index in [4.69, 9.17) is 16.3 Å². The lowest BCUT2D eigenvalue weighted by Crippen LogP contribution is -2.00. The number of benzene rings is 1.